The summed E-state index contributed by atoms with van der Waals surface area (Å²) in [5, 5.41) is 0. The summed E-state index contributed by atoms with van der Waals surface area (Å²) < 4.78 is 5.96. The first-order valence-electron chi connectivity index (χ1n) is 9.61. The summed E-state index contributed by atoms with van der Waals surface area (Å²) in [6, 6.07) is 34.3. The third kappa shape index (κ3) is 3.81. The summed E-state index contributed by atoms with van der Waals surface area (Å²) in [6.45, 7) is 2.24. The predicted octanol–water partition coefficient (Wildman–Crippen LogP) is 6.00. The molecular formula is C26H24N2O. The quantitative estimate of drug-likeness (QED) is 0.330. The molecule has 0 aliphatic rings. The average molecular weight is 380 g/mol. The minimum atomic E-state index is -0.311. The Balaban J connectivity index is 1.71. The lowest BCUT2D eigenvalue weighted by molar-refractivity contribution is 0.482. The molecular weight excluding hydrogens is 356 g/mol. The Kier molecular flexibility index (Phi) is 4.96. The number of rotatable bonds is 5. The van der Waals surface area contributed by atoms with E-state index >= 15 is 0 Å². The van der Waals surface area contributed by atoms with Crippen LogP contribution in [-0.2, 0) is 5.41 Å². The van der Waals surface area contributed by atoms with Gasteiger partial charge >= 0.3 is 0 Å². The molecule has 0 spiro atoms. The minimum Gasteiger partial charge on any atom is -0.457 e. The normalized spacial score (nSPS) is 12.9. The molecule has 0 saturated heterocycles. The first kappa shape index (κ1) is 18.6. The molecule has 0 aliphatic heterocycles. The molecule has 0 saturated carbocycles. The number of ether oxygens (including phenoxy) is 1. The molecule has 1 unspecified atom stereocenters. The monoisotopic (exact) mass is 380 g/mol. The summed E-state index contributed by atoms with van der Waals surface area (Å²) in [4.78, 5) is 0. The summed E-state index contributed by atoms with van der Waals surface area (Å²) in [5.74, 6) is 1.54. The van der Waals surface area contributed by atoms with Crippen molar-refractivity contribution in [3.8, 4) is 11.5 Å². The molecule has 4 rings (SSSR count). The predicted molar refractivity (Wildman–Crippen MR) is 120 cm³/mol. The Morgan fingerprint density at radius 1 is 0.517 bits per heavy atom. The zero-order chi connectivity index (χ0) is 20.3. The number of anilines is 2. The van der Waals surface area contributed by atoms with Gasteiger partial charge in [-0.25, -0.2) is 0 Å². The third-order valence-corrected chi connectivity index (χ3v) is 5.39. The SMILES string of the molecule is CC(c1ccccc1)(c1ccc(N)cc1)c1ccc(Oc2ccc(N)cc2)cc1. The second-order valence-electron chi connectivity index (χ2n) is 7.31. The highest BCUT2D eigenvalue weighted by molar-refractivity contribution is 5.53. The van der Waals surface area contributed by atoms with Crippen LogP contribution in [0.25, 0.3) is 0 Å². The van der Waals surface area contributed by atoms with E-state index in [1.165, 1.54) is 16.7 Å². The van der Waals surface area contributed by atoms with E-state index in [0.717, 1.165) is 22.9 Å². The Hall–Kier alpha value is -3.72. The van der Waals surface area contributed by atoms with Crippen LogP contribution in [0.3, 0.4) is 0 Å². The summed E-state index contributed by atoms with van der Waals surface area (Å²) >= 11 is 0. The fraction of sp³-hybridized carbons (Fsp3) is 0.0769. The van der Waals surface area contributed by atoms with E-state index < -0.39 is 0 Å². The van der Waals surface area contributed by atoms with Crippen LogP contribution >= 0.6 is 0 Å². The number of benzene rings is 4. The molecule has 29 heavy (non-hydrogen) atoms. The molecule has 1 atom stereocenters. The molecule has 144 valence electrons. The minimum absolute atomic E-state index is 0.311. The summed E-state index contributed by atoms with van der Waals surface area (Å²) in [5.41, 5.74) is 16.4. The van der Waals surface area contributed by atoms with Crippen LogP contribution in [0.5, 0.6) is 11.5 Å². The molecule has 4 N–H and O–H groups in total. The zero-order valence-corrected chi connectivity index (χ0v) is 16.4. The maximum Gasteiger partial charge on any atom is 0.127 e. The van der Waals surface area contributed by atoms with Crippen LogP contribution in [0.1, 0.15) is 23.6 Å². The first-order chi connectivity index (χ1) is 14.1. The Morgan fingerprint density at radius 2 is 0.897 bits per heavy atom. The number of nitrogen functional groups attached to an aromatic ring is 2. The van der Waals surface area contributed by atoms with Crippen LogP contribution in [0, 0.1) is 0 Å². The molecule has 0 fully saturated rings. The van der Waals surface area contributed by atoms with Crippen molar-refractivity contribution in [2.24, 2.45) is 0 Å². The lowest BCUT2D eigenvalue weighted by Gasteiger charge is -2.32. The van der Waals surface area contributed by atoms with Crippen molar-refractivity contribution in [1.82, 2.24) is 0 Å². The Morgan fingerprint density at radius 3 is 1.41 bits per heavy atom. The van der Waals surface area contributed by atoms with Gasteiger partial charge in [-0.2, -0.15) is 0 Å². The average Bonchev–Trinajstić information content (AvgIpc) is 2.76. The molecule has 4 aromatic rings. The smallest absolute Gasteiger partial charge is 0.127 e. The maximum absolute atomic E-state index is 5.96. The van der Waals surface area contributed by atoms with Crippen LogP contribution in [-0.4, -0.2) is 0 Å². The molecule has 3 nitrogen and oxygen atoms in total. The highest BCUT2D eigenvalue weighted by atomic mass is 16.5. The molecule has 0 radical (unpaired) electrons. The van der Waals surface area contributed by atoms with E-state index in [1.54, 1.807) is 0 Å². The highest BCUT2D eigenvalue weighted by Crippen LogP contribution is 2.39. The van der Waals surface area contributed by atoms with Crippen LogP contribution < -0.4 is 16.2 Å². The second-order valence-corrected chi connectivity index (χ2v) is 7.31. The number of nitrogens with two attached hydrogens (primary N) is 2. The van der Waals surface area contributed by atoms with Crippen molar-refractivity contribution in [2.45, 2.75) is 12.3 Å². The molecule has 0 bridgehead atoms. The van der Waals surface area contributed by atoms with Crippen LogP contribution in [0.2, 0.25) is 0 Å². The molecule has 0 aromatic heterocycles. The van der Waals surface area contributed by atoms with Crippen LogP contribution in [0.15, 0.2) is 103 Å². The largest absolute Gasteiger partial charge is 0.457 e. The van der Waals surface area contributed by atoms with Gasteiger partial charge in [0, 0.05) is 16.8 Å². The lowest BCUT2D eigenvalue weighted by atomic mass is 9.71. The van der Waals surface area contributed by atoms with Crippen LogP contribution in [0.4, 0.5) is 11.4 Å². The van der Waals surface area contributed by atoms with E-state index in [9.17, 15) is 0 Å². The summed E-state index contributed by atoms with van der Waals surface area (Å²) in [7, 11) is 0. The maximum atomic E-state index is 5.96. The van der Waals surface area contributed by atoms with Crippen molar-refractivity contribution < 1.29 is 4.74 Å². The van der Waals surface area contributed by atoms with Gasteiger partial charge in [-0.15, -0.1) is 0 Å². The van der Waals surface area contributed by atoms with Crippen molar-refractivity contribution in [1.29, 1.82) is 0 Å². The van der Waals surface area contributed by atoms with Crippen molar-refractivity contribution in [2.75, 3.05) is 11.5 Å². The van der Waals surface area contributed by atoms with Gasteiger partial charge in [0.15, 0.2) is 0 Å². The van der Waals surface area contributed by atoms with Crippen molar-refractivity contribution in [3.05, 3.63) is 120 Å². The molecule has 4 aromatic carbocycles. The van der Waals surface area contributed by atoms with Gasteiger partial charge < -0.3 is 16.2 Å². The van der Waals surface area contributed by atoms with Gasteiger partial charge in [0.1, 0.15) is 11.5 Å². The Labute approximate surface area is 171 Å². The van der Waals surface area contributed by atoms with E-state index in [-0.39, 0.29) is 5.41 Å². The summed E-state index contributed by atoms with van der Waals surface area (Å²) in [6.07, 6.45) is 0. The molecule has 3 heteroatoms. The van der Waals surface area contributed by atoms with E-state index in [1.807, 2.05) is 54.6 Å². The highest BCUT2D eigenvalue weighted by Gasteiger charge is 2.31. The molecule has 0 aliphatic carbocycles. The van der Waals surface area contributed by atoms with Gasteiger partial charge in [0.2, 0.25) is 0 Å². The Bertz CT molecular complexity index is 1070. The standard InChI is InChI=1S/C26H24N2O/c1-26(19-5-3-2-4-6-19,20-7-11-22(27)12-8-20)21-9-15-24(16-10-21)29-25-17-13-23(28)14-18-25/h2-18H,27-28H2,1H3. The fourth-order valence-electron chi connectivity index (χ4n) is 3.62. The van der Waals surface area contributed by atoms with Gasteiger partial charge in [0.05, 0.1) is 0 Å². The van der Waals surface area contributed by atoms with E-state index in [4.69, 9.17) is 16.2 Å². The van der Waals surface area contributed by atoms with Crippen molar-refractivity contribution in [3.63, 3.8) is 0 Å². The number of hydrogen-bond donors (Lipinski definition) is 2. The van der Waals surface area contributed by atoms with E-state index in [2.05, 4.69) is 55.5 Å². The number of hydrogen-bond acceptors (Lipinski definition) is 3. The fourth-order valence-corrected chi connectivity index (χ4v) is 3.62. The lowest BCUT2D eigenvalue weighted by Crippen LogP contribution is -2.25. The van der Waals surface area contributed by atoms with Gasteiger partial charge in [-0.05, 0) is 72.1 Å². The first-order valence-corrected chi connectivity index (χ1v) is 9.61. The van der Waals surface area contributed by atoms with Gasteiger partial charge in [-0.1, -0.05) is 54.6 Å². The third-order valence-electron chi connectivity index (χ3n) is 5.39. The molecule has 0 amide bonds. The van der Waals surface area contributed by atoms with Crippen molar-refractivity contribution >= 4 is 11.4 Å². The topological polar surface area (TPSA) is 61.3 Å². The van der Waals surface area contributed by atoms with Gasteiger partial charge in [-0.3, -0.25) is 0 Å². The molecule has 0 heterocycles. The van der Waals surface area contributed by atoms with Gasteiger partial charge in [0.25, 0.3) is 0 Å². The van der Waals surface area contributed by atoms with E-state index in [0.29, 0.717) is 0 Å². The zero-order valence-electron chi connectivity index (χ0n) is 16.4. The second kappa shape index (κ2) is 7.72.